The van der Waals surface area contributed by atoms with Crippen LogP contribution >= 0.6 is 11.6 Å². The Bertz CT molecular complexity index is 1190. The summed E-state index contributed by atoms with van der Waals surface area (Å²) >= 11 is 6.04. The van der Waals surface area contributed by atoms with Crippen molar-refractivity contribution in [1.29, 1.82) is 5.26 Å². The summed E-state index contributed by atoms with van der Waals surface area (Å²) in [6.07, 6.45) is -0.00687. The molecule has 9 heteroatoms. The van der Waals surface area contributed by atoms with E-state index in [2.05, 4.69) is 5.10 Å². The number of aliphatic hydroxyl groups is 1. The summed E-state index contributed by atoms with van der Waals surface area (Å²) in [5, 5.41) is 22.1. The molecule has 1 N–H and O–H groups in total. The van der Waals surface area contributed by atoms with Crippen LogP contribution < -0.4 is 10.3 Å². The maximum absolute atomic E-state index is 15.0. The molecule has 2 aromatic carbocycles. The first kappa shape index (κ1) is 20.5. The Hall–Kier alpha value is -3.28. The summed E-state index contributed by atoms with van der Waals surface area (Å²) in [4.78, 5) is 11.8. The number of aryl methyl sites for hydroxylation is 1. The number of aliphatic hydroxyl groups excluding tert-OH is 1. The van der Waals surface area contributed by atoms with Gasteiger partial charge in [0.25, 0.3) is 5.56 Å². The molecule has 0 radical (unpaired) electrons. The second-order valence-corrected chi connectivity index (χ2v) is 6.59. The van der Waals surface area contributed by atoms with Gasteiger partial charge in [0.15, 0.2) is 11.6 Å². The summed E-state index contributed by atoms with van der Waals surface area (Å²) in [5.74, 6) is -1.91. The summed E-state index contributed by atoms with van der Waals surface area (Å²) in [6, 6.07) is 9.41. The van der Waals surface area contributed by atoms with Gasteiger partial charge in [0.2, 0.25) is 0 Å². The van der Waals surface area contributed by atoms with Crippen molar-refractivity contribution in [3.05, 3.63) is 85.8 Å². The molecule has 148 valence electrons. The van der Waals surface area contributed by atoms with Gasteiger partial charge in [-0.1, -0.05) is 17.7 Å². The Kier molecular flexibility index (Phi) is 5.92. The van der Waals surface area contributed by atoms with Crippen molar-refractivity contribution in [2.75, 3.05) is 0 Å². The lowest BCUT2D eigenvalue weighted by atomic mass is 10.1. The SMILES string of the molecule is Cc1cc(Cc2ccc(Cl)c(Oc3cc(F)cc(C#N)c3)c2F)nn(CO)c1=O. The number of nitriles is 1. The van der Waals surface area contributed by atoms with Crippen molar-refractivity contribution in [3.8, 4) is 17.6 Å². The number of benzene rings is 2. The lowest BCUT2D eigenvalue weighted by Crippen LogP contribution is -2.26. The van der Waals surface area contributed by atoms with Crippen LogP contribution in [-0.2, 0) is 13.2 Å². The first-order valence-electron chi connectivity index (χ1n) is 8.36. The Balaban J connectivity index is 1.98. The number of hydrogen-bond donors (Lipinski definition) is 1. The molecule has 0 unspecified atom stereocenters. The smallest absolute Gasteiger partial charge is 0.271 e. The molecule has 29 heavy (non-hydrogen) atoms. The summed E-state index contributed by atoms with van der Waals surface area (Å²) < 4.78 is 34.9. The molecule has 1 aromatic heterocycles. The molecule has 0 aliphatic carbocycles. The molecule has 6 nitrogen and oxygen atoms in total. The van der Waals surface area contributed by atoms with E-state index in [4.69, 9.17) is 21.6 Å². The fourth-order valence-electron chi connectivity index (χ4n) is 2.73. The molecule has 0 aliphatic rings. The highest BCUT2D eigenvalue weighted by molar-refractivity contribution is 6.32. The van der Waals surface area contributed by atoms with E-state index in [-0.39, 0.29) is 34.1 Å². The molecule has 0 bridgehead atoms. The second kappa shape index (κ2) is 8.39. The van der Waals surface area contributed by atoms with Crippen LogP contribution in [0.15, 0.2) is 41.2 Å². The minimum Gasteiger partial charge on any atom is -0.453 e. The van der Waals surface area contributed by atoms with E-state index in [1.807, 2.05) is 0 Å². The van der Waals surface area contributed by atoms with Crippen molar-refractivity contribution in [2.45, 2.75) is 20.1 Å². The zero-order valence-corrected chi connectivity index (χ0v) is 15.9. The van der Waals surface area contributed by atoms with Gasteiger partial charge in [-0.25, -0.2) is 13.5 Å². The van der Waals surface area contributed by atoms with E-state index >= 15 is 4.39 Å². The van der Waals surface area contributed by atoms with Gasteiger partial charge in [-0.05, 0) is 36.8 Å². The summed E-state index contributed by atoms with van der Waals surface area (Å²) in [6.45, 7) is 0.953. The van der Waals surface area contributed by atoms with E-state index < -0.39 is 23.9 Å². The minimum absolute atomic E-state index is 0.00687. The maximum Gasteiger partial charge on any atom is 0.271 e. The van der Waals surface area contributed by atoms with Crippen molar-refractivity contribution in [1.82, 2.24) is 9.78 Å². The normalized spacial score (nSPS) is 10.6. The number of rotatable bonds is 5. The first-order valence-corrected chi connectivity index (χ1v) is 8.74. The van der Waals surface area contributed by atoms with E-state index in [9.17, 15) is 14.3 Å². The third-order valence-electron chi connectivity index (χ3n) is 4.06. The molecule has 0 saturated heterocycles. The van der Waals surface area contributed by atoms with Crippen LogP contribution in [-0.4, -0.2) is 14.9 Å². The van der Waals surface area contributed by atoms with Gasteiger partial charge in [-0.15, -0.1) is 0 Å². The van der Waals surface area contributed by atoms with Gasteiger partial charge >= 0.3 is 0 Å². The van der Waals surface area contributed by atoms with Crippen molar-refractivity contribution < 1.29 is 18.6 Å². The lowest BCUT2D eigenvalue weighted by Gasteiger charge is -2.13. The van der Waals surface area contributed by atoms with Gasteiger partial charge in [0.05, 0.1) is 22.3 Å². The molecular formula is C20H14ClF2N3O3. The summed E-state index contributed by atoms with van der Waals surface area (Å²) in [7, 11) is 0. The predicted molar refractivity (Wildman–Crippen MR) is 101 cm³/mol. The fraction of sp³-hybridized carbons (Fsp3) is 0.150. The zero-order valence-electron chi connectivity index (χ0n) is 15.1. The van der Waals surface area contributed by atoms with E-state index in [0.717, 1.165) is 16.8 Å². The van der Waals surface area contributed by atoms with Crippen LogP contribution in [0.5, 0.6) is 11.5 Å². The van der Waals surface area contributed by atoms with Gasteiger partial charge in [0.1, 0.15) is 18.3 Å². The molecule has 3 rings (SSSR count). The van der Waals surface area contributed by atoms with E-state index in [1.165, 1.54) is 24.3 Å². The van der Waals surface area contributed by atoms with Crippen LogP contribution in [0.3, 0.4) is 0 Å². The molecule has 0 aliphatic heterocycles. The van der Waals surface area contributed by atoms with E-state index in [1.54, 1.807) is 13.0 Å². The Morgan fingerprint density at radius 2 is 2.03 bits per heavy atom. The predicted octanol–water partition coefficient (Wildman–Crippen LogP) is 3.69. The largest absolute Gasteiger partial charge is 0.453 e. The van der Waals surface area contributed by atoms with Crippen LogP contribution in [0, 0.1) is 29.9 Å². The molecule has 0 spiro atoms. The number of ether oxygens (including phenoxy) is 1. The third kappa shape index (κ3) is 4.42. The second-order valence-electron chi connectivity index (χ2n) is 6.18. The molecule has 0 saturated carbocycles. The fourth-order valence-corrected chi connectivity index (χ4v) is 2.91. The Labute approximate surface area is 169 Å². The quantitative estimate of drug-likeness (QED) is 0.684. The van der Waals surface area contributed by atoms with Gasteiger partial charge in [-0.2, -0.15) is 10.4 Å². The topological polar surface area (TPSA) is 88.1 Å². The number of halogens is 3. The average molecular weight is 418 g/mol. The number of hydrogen-bond acceptors (Lipinski definition) is 5. The highest BCUT2D eigenvalue weighted by Crippen LogP contribution is 2.35. The molecule has 0 fully saturated rings. The minimum atomic E-state index is -0.790. The van der Waals surface area contributed by atoms with Crippen LogP contribution in [0.4, 0.5) is 8.78 Å². The summed E-state index contributed by atoms with van der Waals surface area (Å²) in [5.41, 5.74) is 0.422. The molecule has 1 heterocycles. The highest BCUT2D eigenvalue weighted by Gasteiger charge is 2.17. The monoisotopic (exact) mass is 417 g/mol. The van der Waals surface area contributed by atoms with Crippen molar-refractivity contribution in [2.24, 2.45) is 0 Å². The maximum atomic E-state index is 15.0. The van der Waals surface area contributed by atoms with Crippen LogP contribution in [0.25, 0.3) is 0 Å². The van der Waals surface area contributed by atoms with Crippen molar-refractivity contribution in [3.63, 3.8) is 0 Å². The molecule has 0 atom stereocenters. The van der Waals surface area contributed by atoms with Crippen LogP contribution in [0.1, 0.15) is 22.4 Å². The van der Waals surface area contributed by atoms with Gasteiger partial charge in [-0.3, -0.25) is 4.79 Å². The Morgan fingerprint density at radius 1 is 1.28 bits per heavy atom. The van der Waals surface area contributed by atoms with Gasteiger partial charge in [0, 0.05) is 18.1 Å². The molecule has 0 amide bonds. The first-order chi connectivity index (χ1) is 13.8. The number of aromatic nitrogens is 2. The standard InChI is InChI=1S/C20H14ClF2N3O3/c1-11-4-15(25-26(10-27)20(11)28)7-13-2-3-17(21)19(18(13)23)29-16-6-12(9-24)5-14(22)8-16/h2-6,8,27H,7,10H2,1H3. The van der Waals surface area contributed by atoms with Crippen molar-refractivity contribution >= 4 is 11.6 Å². The Morgan fingerprint density at radius 3 is 2.72 bits per heavy atom. The van der Waals surface area contributed by atoms with Crippen LogP contribution in [0.2, 0.25) is 5.02 Å². The van der Waals surface area contributed by atoms with E-state index in [0.29, 0.717) is 11.3 Å². The lowest BCUT2D eigenvalue weighted by molar-refractivity contribution is 0.187. The third-order valence-corrected chi connectivity index (χ3v) is 4.36. The molecule has 3 aromatic rings. The van der Waals surface area contributed by atoms with Gasteiger partial charge < -0.3 is 9.84 Å². The molecular weight excluding hydrogens is 404 g/mol. The zero-order chi connectivity index (χ0) is 21.1. The average Bonchev–Trinajstić information content (AvgIpc) is 2.69. The number of nitrogens with zero attached hydrogens (tertiary/aromatic N) is 3. The highest BCUT2D eigenvalue weighted by atomic mass is 35.5.